The molecular formula is C21H17ClN4O3S. The number of nitro groups is 1. The maximum absolute atomic E-state index is 11.9. The third kappa shape index (κ3) is 6.33. The van der Waals surface area contributed by atoms with E-state index < -0.39 is 4.92 Å². The van der Waals surface area contributed by atoms with Gasteiger partial charge in [0.25, 0.3) is 11.6 Å². The van der Waals surface area contributed by atoms with Crippen molar-refractivity contribution in [2.24, 2.45) is 5.10 Å². The van der Waals surface area contributed by atoms with Gasteiger partial charge in [0.15, 0.2) is 0 Å². The van der Waals surface area contributed by atoms with Crippen molar-refractivity contribution in [1.29, 1.82) is 0 Å². The van der Waals surface area contributed by atoms with Crippen molar-refractivity contribution in [2.45, 2.75) is 9.79 Å². The van der Waals surface area contributed by atoms with Gasteiger partial charge in [-0.2, -0.15) is 5.10 Å². The number of rotatable bonds is 8. The minimum absolute atomic E-state index is 0.0454. The number of benzene rings is 3. The largest absolute Gasteiger partial charge is 0.376 e. The molecule has 7 nitrogen and oxygen atoms in total. The first-order chi connectivity index (χ1) is 14.5. The molecule has 0 saturated heterocycles. The van der Waals surface area contributed by atoms with Gasteiger partial charge in [-0.25, -0.2) is 5.43 Å². The third-order valence-electron chi connectivity index (χ3n) is 3.85. The molecule has 0 aliphatic carbocycles. The first kappa shape index (κ1) is 21.4. The minimum atomic E-state index is -0.446. The molecule has 3 aromatic carbocycles. The van der Waals surface area contributed by atoms with Gasteiger partial charge in [0, 0.05) is 27.2 Å². The number of nitrogens with one attached hydrogen (secondary N) is 2. The summed E-state index contributed by atoms with van der Waals surface area (Å²) in [6, 6.07) is 21.1. The summed E-state index contributed by atoms with van der Waals surface area (Å²) in [5, 5.41) is 18.9. The van der Waals surface area contributed by atoms with Crippen LogP contribution in [0.4, 0.5) is 11.4 Å². The molecule has 2 N–H and O–H groups in total. The normalized spacial score (nSPS) is 10.7. The number of carbonyl (C=O) groups is 1. The second kappa shape index (κ2) is 10.4. The van der Waals surface area contributed by atoms with Crippen molar-refractivity contribution in [3.63, 3.8) is 0 Å². The molecule has 1 amide bonds. The Labute approximate surface area is 182 Å². The fourth-order valence-electron chi connectivity index (χ4n) is 2.43. The summed E-state index contributed by atoms with van der Waals surface area (Å²) in [7, 11) is 0. The Hall–Kier alpha value is -3.36. The number of anilines is 1. The highest BCUT2D eigenvalue weighted by Gasteiger charge is 2.15. The lowest BCUT2D eigenvalue weighted by Crippen LogP contribution is -2.25. The quantitative estimate of drug-likeness (QED) is 0.293. The highest BCUT2D eigenvalue weighted by atomic mass is 35.5. The zero-order valence-corrected chi connectivity index (χ0v) is 17.2. The summed E-state index contributed by atoms with van der Waals surface area (Å²) < 4.78 is 0. The van der Waals surface area contributed by atoms with E-state index in [0.29, 0.717) is 15.5 Å². The molecule has 0 aliphatic heterocycles. The maximum Gasteiger partial charge on any atom is 0.283 e. The molecule has 0 radical (unpaired) electrons. The van der Waals surface area contributed by atoms with Gasteiger partial charge in [0.2, 0.25) is 0 Å². The molecular weight excluding hydrogens is 424 g/mol. The first-order valence-electron chi connectivity index (χ1n) is 8.84. The van der Waals surface area contributed by atoms with E-state index in [1.807, 2.05) is 30.3 Å². The van der Waals surface area contributed by atoms with Crippen LogP contribution in [0.1, 0.15) is 5.56 Å². The van der Waals surface area contributed by atoms with Gasteiger partial charge in [0.1, 0.15) is 0 Å². The fraction of sp³-hybridized carbons (Fsp3) is 0.0476. The Kier molecular flexibility index (Phi) is 7.42. The van der Waals surface area contributed by atoms with Gasteiger partial charge in [-0.3, -0.25) is 14.9 Å². The van der Waals surface area contributed by atoms with Gasteiger partial charge in [-0.05, 0) is 42.5 Å². The molecule has 0 spiro atoms. The monoisotopic (exact) mass is 440 g/mol. The molecule has 0 aromatic heterocycles. The topological polar surface area (TPSA) is 96.6 Å². The van der Waals surface area contributed by atoms with E-state index in [2.05, 4.69) is 15.8 Å². The lowest BCUT2D eigenvalue weighted by atomic mass is 10.2. The number of carbonyl (C=O) groups excluding carboxylic acids is 1. The van der Waals surface area contributed by atoms with Crippen LogP contribution in [0.15, 0.2) is 87.7 Å². The van der Waals surface area contributed by atoms with Gasteiger partial charge >= 0.3 is 0 Å². The van der Waals surface area contributed by atoms with Crippen LogP contribution in [0, 0.1) is 10.1 Å². The van der Waals surface area contributed by atoms with Crippen LogP contribution in [-0.4, -0.2) is 23.6 Å². The smallest absolute Gasteiger partial charge is 0.283 e. The van der Waals surface area contributed by atoms with Crippen molar-refractivity contribution in [2.75, 3.05) is 11.9 Å². The van der Waals surface area contributed by atoms with Crippen LogP contribution in [-0.2, 0) is 4.79 Å². The fourth-order valence-corrected chi connectivity index (χ4v) is 3.46. The highest BCUT2D eigenvalue weighted by molar-refractivity contribution is 7.99. The molecule has 0 atom stereocenters. The molecule has 0 saturated carbocycles. The maximum atomic E-state index is 11.9. The van der Waals surface area contributed by atoms with Crippen molar-refractivity contribution >= 4 is 46.9 Å². The van der Waals surface area contributed by atoms with E-state index in [0.717, 1.165) is 10.6 Å². The van der Waals surface area contributed by atoms with E-state index in [9.17, 15) is 14.9 Å². The van der Waals surface area contributed by atoms with Crippen LogP contribution in [0.25, 0.3) is 0 Å². The molecule has 30 heavy (non-hydrogen) atoms. The molecule has 0 heterocycles. The summed E-state index contributed by atoms with van der Waals surface area (Å²) in [5.74, 6) is -0.334. The van der Waals surface area contributed by atoms with Crippen LogP contribution in [0.3, 0.4) is 0 Å². The Morgan fingerprint density at radius 2 is 1.83 bits per heavy atom. The number of nitrogens with zero attached hydrogens (tertiary/aromatic N) is 2. The second-order valence-electron chi connectivity index (χ2n) is 6.05. The predicted molar refractivity (Wildman–Crippen MR) is 119 cm³/mol. The highest BCUT2D eigenvalue weighted by Crippen LogP contribution is 2.35. The van der Waals surface area contributed by atoms with E-state index in [4.69, 9.17) is 11.6 Å². The van der Waals surface area contributed by atoms with Gasteiger partial charge in [-0.15, -0.1) is 0 Å². The Morgan fingerprint density at radius 1 is 1.10 bits per heavy atom. The van der Waals surface area contributed by atoms with Crippen LogP contribution >= 0.6 is 23.4 Å². The Balaban J connectivity index is 1.61. The average molecular weight is 441 g/mol. The molecule has 152 valence electrons. The SMILES string of the molecule is O=C(CNc1ccccc1)N/N=C\c1ccc(Sc2ccc(Cl)cc2)c([N+](=O)[O-])c1. The van der Waals surface area contributed by atoms with E-state index in [1.54, 1.807) is 36.4 Å². The molecule has 0 aliphatic rings. The van der Waals surface area contributed by atoms with E-state index in [1.165, 1.54) is 24.0 Å². The number of nitro benzene ring substituents is 1. The van der Waals surface area contributed by atoms with Crippen LogP contribution in [0.5, 0.6) is 0 Å². The molecule has 0 fully saturated rings. The van der Waals surface area contributed by atoms with Gasteiger partial charge in [0.05, 0.1) is 22.6 Å². The zero-order chi connectivity index (χ0) is 21.3. The molecule has 3 rings (SSSR count). The number of halogens is 1. The standard InChI is InChI=1S/C21H17ClN4O3S/c22-16-7-9-18(10-8-16)30-20-11-6-15(12-19(20)26(28)29)13-24-25-21(27)14-23-17-4-2-1-3-5-17/h1-13,23H,14H2,(H,25,27)/b24-13-. The zero-order valence-electron chi connectivity index (χ0n) is 15.6. The number of hydrazone groups is 1. The molecule has 9 heteroatoms. The minimum Gasteiger partial charge on any atom is -0.376 e. The summed E-state index contributed by atoms with van der Waals surface area (Å²) in [5.41, 5.74) is 3.66. The average Bonchev–Trinajstić information content (AvgIpc) is 2.75. The summed E-state index contributed by atoms with van der Waals surface area (Å²) >= 11 is 7.14. The summed E-state index contributed by atoms with van der Waals surface area (Å²) in [4.78, 5) is 24.2. The van der Waals surface area contributed by atoms with Crippen LogP contribution in [0.2, 0.25) is 5.02 Å². The van der Waals surface area contributed by atoms with Crippen molar-refractivity contribution in [3.05, 3.63) is 93.5 Å². The van der Waals surface area contributed by atoms with Crippen molar-refractivity contribution in [1.82, 2.24) is 5.43 Å². The second-order valence-corrected chi connectivity index (χ2v) is 7.60. The Morgan fingerprint density at radius 3 is 2.53 bits per heavy atom. The summed E-state index contributed by atoms with van der Waals surface area (Å²) in [6.07, 6.45) is 1.37. The lowest BCUT2D eigenvalue weighted by Gasteiger charge is -2.05. The molecule has 0 bridgehead atoms. The van der Waals surface area contributed by atoms with Crippen molar-refractivity contribution in [3.8, 4) is 0 Å². The number of amides is 1. The first-order valence-corrected chi connectivity index (χ1v) is 10.0. The van der Waals surface area contributed by atoms with Gasteiger partial charge < -0.3 is 5.32 Å². The number of hydrogen-bond acceptors (Lipinski definition) is 6. The molecule has 0 unspecified atom stereocenters. The van der Waals surface area contributed by atoms with E-state index in [-0.39, 0.29) is 18.1 Å². The predicted octanol–water partition coefficient (Wildman–Crippen LogP) is 4.96. The third-order valence-corrected chi connectivity index (χ3v) is 5.18. The number of para-hydroxylation sites is 1. The lowest BCUT2D eigenvalue weighted by molar-refractivity contribution is -0.387. The molecule has 3 aromatic rings. The van der Waals surface area contributed by atoms with Crippen LogP contribution < -0.4 is 10.7 Å². The van der Waals surface area contributed by atoms with Crippen molar-refractivity contribution < 1.29 is 9.72 Å². The van der Waals surface area contributed by atoms with Gasteiger partial charge in [-0.1, -0.05) is 47.6 Å². The summed E-state index contributed by atoms with van der Waals surface area (Å²) in [6.45, 7) is 0.0537. The number of hydrogen-bond donors (Lipinski definition) is 2. The Bertz CT molecular complexity index is 1060. The van der Waals surface area contributed by atoms with E-state index >= 15 is 0 Å².